The van der Waals surface area contributed by atoms with Crippen molar-refractivity contribution in [2.24, 2.45) is 5.73 Å². The molecule has 0 atom stereocenters. The molecule has 0 fully saturated rings. The number of hydrogen-bond acceptors (Lipinski definition) is 2. The first-order valence-electron chi connectivity index (χ1n) is 6.13. The minimum Gasteiger partial charge on any atom is -0.338 e. The number of nitrogens with one attached hydrogen (secondary N) is 1. The molecule has 0 unspecified atom stereocenters. The Bertz CT molecular complexity index is 746. The summed E-state index contributed by atoms with van der Waals surface area (Å²) in [6, 6.07) is 11.8. The van der Waals surface area contributed by atoms with Crippen molar-refractivity contribution < 1.29 is 0 Å². The van der Waals surface area contributed by atoms with Crippen molar-refractivity contribution in [3.05, 3.63) is 52.5 Å². The van der Waals surface area contributed by atoms with Gasteiger partial charge in [-0.15, -0.1) is 0 Å². The van der Waals surface area contributed by atoms with E-state index in [1.165, 1.54) is 0 Å². The number of H-pyrrole nitrogens is 1. The van der Waals surface area contributed by atoms with Crippen LogP contribution in [0.5, 0.6) is 0 Å². The van der Waals surface area contributed by atoms with E-state index in [1.807, 2.05) is 43.3 Å². The molecule has 0 aliphatic rings. The Morgan fingerprint density at radius 1 is 1.26 bits per heavy atom. The molecule has 3 nitrogen and oxygen atoms in total. The number of nitrogens with zero attached hydrogens (tertiary/aromatic N) is 1. The lowest BCUT2D eigenvalue weighted by Gasteiger charge is -2.02. The highest BCUT2D eigenvalue weighted by atomic mass is 35.5. The fourth-order valence-corrected chi connectivity index (χ4v) is 2.50. The summed E-state index contributed by atoms with van der Waals surface area (Å²) in [6.07, 6.45) is 0. The van der Waals surface area contributed by atoms with Crippen LogP contribution in [0.3, 0.4) is 0 Å². The van der Waals surface area contributed by atoms with Crippen LogP contribution in [0.1, 0.15) is 11.1 Å². The summed E-state index contributed by atoms with van der Waals surface area (Å²) in [5.74, 6) is 0.852. The van der Waals surface area contributed by atoms with E-state index >= 15 is 0 Å². The molecule has 0 aliphatic carbocycles. The number of nitrogens with two attached hydrogens (primary N) is 1. The number of aromatic nitrogens is 2. The minimum atomic E-state index is 0.487. The summed E-state index contributed by atoms with van der Waals surface area (Å²) in [5, 5.41) is 0.736. The van der Waals surface area contributed by atoms with Crippen molar-refractivity contribution in [2.45, 2.75) is 13.5 Å². The van der Waals surface area contributed by atoms with E-state index in [1.54, 1.807) is 0 Å². The molecule has 4 heteroatoms. The van der Waals surface area contributed by atoms with E-state index in [4.69, 9.17) is 17.3 Å². The molecule has 0 saturated carbocycles. The average molecular weight is 272 g/mol. The Hall–Kier alpha value is -1.84. The molecule has 3 N–H and O–H groups in total. The Kier molecular flexibility index (Phi) is 3.01. The molecule has 3 rings (SSSR count). The van der Waals surface area contributed by atoms with E-state index in [2.05, 4.69) is 9.97 Å². The van der Waals surface area contributed by atoms with Gasteiger partial charge in [-0.3, -0.25) is 0 Å². The average Bonchev–Trinajstić information content (AvgIpc) is 2.81. The van der Waals surface area contributed by atoms with Gasteiger partial charge in [0.1, 0.15) is 5.82 Å². The number of fused-ring (bicyclic) bond motifs is 1. The lowest BCUT2D eigenvalue weighted by Crippen LogP contribution is -1.96. The van der Waals surface area contributed by atoms with Crippen LogP contribution in [0.15, 0.2) is 36.4 Å². The van der Waals surface area contributed by atoms with Gasteiger partial charge in [-0.25, -0.2) is 4.98 Å². The number of imidazole rings is 1. The largest absolute Gasteiger partial charge is 0.338 e. The quantitative estimate of drug-likeness (QED) is 0.747. The van der Waals surface area contributed by atoms with Crippen molar-refractivity contribution in [2.75, 3.05) is 0 Å². The fourth-order valence-electron chi connectivity index (χ4n) is 2.28. The molecule has 19 heavy (non-hydrogen) atoms. The zero-order valence-electron chi connectivity index (χ0n) is 10.6. The maximum atomic E-state index is 5.98. The van der Waals surface area contributed by atoms with Crippen LogP contribution in [0.25, 0.3) is 22.4 Å². The third-order valence-electron chi connectivity index (χ3n) is 3.26. The van der Waals surface area contributed by atoms with Gasteiger partial charge >= 0.3 is 0 Å². The molecule has 1 heterocycles. The van der Waals surface area contributed by atoms with Crippen LogP contribution < -0.4 is 5.73 Å². The van der Waals surface area contributed by atoms with Gasteiger partial charge in [-0.05, 0) is 42.3 Å². The number of para-hydroxylation sites is 1. The highest BCUT2D eigenvalue weighted by molar-refractivity contribution is 6.30. The summed E-state index contributed by atoms with van der Waals surface area (Å²) in [4.78, 5) is 8.00. The van der Waals surface area contributed by atoms with Gasteiger partial charge < -0.3 is 10.7 Å². The Balaban J connectivity index is 2.20. The molecule has 0 spiro atoms. The van der Waals surface area contributed by atoms with E-state index in [0.717, 1.165) is 38.6 Å². The third-order valence-corrected chi connectivity index (χ3v) is 3.49. The highest BCUT2D eigenvalue weighted by Crippen LogP contribution is 2.26. The smallest absolute Gasteiger partial charge is 0.138 e. The zero-order valence-corrected chi connectivity index (χ0v) is 11.3. The van der Waals surface area contributed by atoms with Crippen molar-refractivity contribution in [1.82, 2.24) is 9.97 Å². The predicted octanol–water partition coefficient (Wildman–Crippen LogP) is 3.65. The van der Waals surface area contributed by atoms with Crippen LogP contribution in [0, 0.1) is 6.92 Å². The lowest BCUT2D eigenvalue weighted by molar-refractivity contribution is 1.08. The topological polar surface area (TPSA) is 54.7 Å². The second-order valence-corrected chi connectivity index (χ2v) is 5.00. The summed E-state index contributed by atoms with van der Waals surface area (Å²) in [6.45, 7) is 2.51. The van der Waals surface area contributed by atoms with Crippen molar-refractivity contribution >= 4 is 22.6 Å². The van der Waals surface area contributed by atoms with E-state index in [-0.39, 0.29) is 0 Å². The minimum absolute atomic E-state index is 0.487. The SMILES string of the molecule is Cc1cc(Cl)ccc1-c1nc2c(CN)cccc2[nH]1. The molecule has 1 aromatic heterocycles. The fraction of sp³-hybridized carbons (Fsp3) is 0.133. The van der Waals surface area contributed by atoms with Gasteiger partial charge in [0.2, 0.25) is 0 Å². The molecule has 0 radical (unpaired) electrons. The first-order chi connectivity index (χ1) is 9.19. The molecule has 0 bridgehead atoms. The third kappa shape index (κ3) is 2.11. The van der Waals surface area contributed by atoms with Crippen LogP contribution in [0.2, 0.25) is 5.02 Å². The van der Waals surface area contributed by atoms with Gasteiger partial charge in [0, 0.05) is 17.1 Å². The van der Waals surface area contributed by atoms with Gasteiger partial charge in [0.25, 0.3) is 0 Å². The van der Waals surface area contributed by atoms with Crippen LogP contribution >= 0.6 is 11.6 Å². The van der Waals surface area contributed by atoms with Crippen molar-refractivity contribution in [3.63, 3.8) is 0 Å². The standard InChI is InChI=1S/C15H14ClN3/c1-9-7-11(16)5-6-12(9)15-18-13-4-2-3-10(8-17)14(13)19-15/h2-7H,8,17H2,1H3,(H,18,19). The van der Waals surface area contributed by atoms with E-state index < -0.39 is 0 Å². The Morgan fingerprint density at radius 3 is 2.84 bits per heavy atom. The first-order valence-corrected chi connectivity index (χ1v) is 6.51. The number of benzene rings is 2. The zero-order chi connectivity index (χ0) is 13.4. The molecular formula is C15H14ClN3. The monoisotopic (exact) mass is 271 g/mol. The second kappa shape index (κ2) is 4.68. The maximum absolute atomic E-state index is 5.98. The molecule has 3 aromatic rings. The summed E-state index contributed by atoms with van der Waals surface area (Å²) >= 11 is 5.98. The number of hydrogen-bond donors (Lipinski definition) is 2. The normalized spacial score (nSPS) is 11.1. The van der Waals surface area contributed by atoms with Gasteiger partial charge in [0.15, 0.2) is 0 Å². The van der Waals surface area contributed by atoms with Crippen LogP contribution in [-0.2, 0) is 6.54 Å². The van der Waals surface area contributed by atoms with E-state index in [9.17, 15) is 0 Å². The molecular weight excluding hydrogens is 258 g/mol. The molecule has 0 amide bonds. The predicted molar refractivity (Wildman–Crippen MR) is 79.2 cm³/mol. The number of aryl methyl sites for hydroxylation is 1. The molecule has 0 saturated heterocycles. The van der Waals surface area contributed by atoms with Gasteiger partial charge in [-0.1, -0.05) is 23.7 Å². The number of rotatable bonds is 2. The number of aromatic amines is 1. The van der Waals surface area contributed by atoms with Crippen molar-refractivity contribution in [3.8, 4) is 11.4 Å². The van der Waals surface area contributed by atoms with Gasteiger partial charge in [0.05, 0.1) is 11.0 Å². The Labute approximate surface area is 116 Å². The summed E-state index contributed by atoms with van der Waals surface area (Å²) < 4.78 is 0. The van der Waals surface area contributed by atoms with Gasteiger partial charge in [-0.2, -0.15) is 0 Å². The Morgan fingerprint density at radius 2 is 2.11 bits per heavy atom. The van der Waals surface area contributed by atoms with E-state index in [0.29, 0.717) is 6.54 Å². The highest BCUT2D eigenvalue weighted by Gasteiger charge is 2.10. The molecule has 0 aliphatic heterocycles. The lowest BCUT2D eigenvalue weighted by atomic mass is 10.1. The molecule has 96 valence electrons. The number of halogens is 1. The maximum Gasteiger partial charge on any atom is 0.138 e. The first kappa shape index (κ1) is 12.2. The second-order valence-electron chi connectivity index (χ2n) is 4.56. The van der Waals surface area contributed by atoms with Crippen molar-refractivity contribution in [1.29, 1.82) is 0 Å². The summed E-state index contributed by atoms with van der Waals surface area (Å²) in [5.41, 5.74) is 10.9. The summed E-state index contributed by atoms with van der Waals surface area (Å²) in [7, 11) is 0. The molecule has 2 aromatic carbocycles. The van der Waals surface area contributed by atoms with Crippen LogP contribution in [-0.4, -0.2) is 9.97 Å². The van der Waals surface area contributed by atoms with Crippen LogP contribution in [0.4, 0.5) is 0 Å².